The number of aryl methyl sites for hydroxylation is 1. The van der Waals surface area contributed by atoms with E-state index in [1.165, 1.54) is 0 Å². The topological polar surface area (TPSA) is 49.0 Å². The standard InChI is InChI=1S/C15H16N2O/c1-11-8-14(6-5-13(11)10-16)17-12(2)9-15-4-3-7-18-15/h3-8,12,17H,9H2,1-2H3. The van der Waals surface area contributed by atoms with E-state index in [1.54, 1.807) is 6.26 Å². The van der Waals surface area contributed by atoms with Crippen LogP contribution in [0.15, 0.2) is 41.0 Å². The van der Waals surface area contributed by atoms with Crippen LogP contribution >= 0.6 is 0 Å². The van der Waals surface area contributed by atoms with Crippen LogP contribution in [-0.2, 0) is 6.42 Å². The Bertz CT molecular complexity index is 552. The van der Waals surface area contributed by atoms with E-state index in [4.69, 9.17) is 9.68 Å². The van der Waals surface area contributed by atoms with E-state index in [-0.39, 0.29) is 6.04 Å². The Balaban J connectivity index is 2.01. The van der Waals surface area contributed by atoms with Crippen LogP contribution in [0, 0.1) is 18.3 Å². The summed E-state index contributed by atoms with van der Waals surface area (Å²) in [6.07, 6.45) is 2.53. The fraction of sp³-hybridized carbons (Fsp3) is 0.267. The molecule has 1 unspecified atom stereocenters. The summed E-state index contributed by atoms with van der Waals surface area (Å²) in [6.45, 7) is 4.05. The Morgan fingerprint density at radius 3 is 2.83 bits per heavy atom. The highest BCUT2D eigenvalue weighted by Gasteiger charge is 2.06. The van der Waals surface area contributed by atoms with Gasteiger partial charge in [-0.1, -0.05) is 0 Å². The third-order valence-corrected chi connectivity index (χ3v) is 2.85. The average Bonchev–Trinajstić information content (AvgIpc) is 2.82. The quantitative estimate of drug-likeness (QED) is 0.889. The second-order valence-corrected chi connectivity index (χ2v) is 4.47. The van der Waals surface area contributed by atoms with Gasteiger partial charge in [-0.25, -0.2) is 0 Å². The molecule has 1 N–H and O–H groups in total. The molecule has 2 rings (SSSR count). The van der Waals surface area contributed by atoms with E-state index < -0.39 is 0 Å². The van der Waals surface area contributed by atoms with Crippen molar-refractivity contribution in [1.82, 2.24) is 0 Å². The minimum Gasteiger partial charge on any atom is -0.469 e. The number of nitrogens with one attached hydrogen (secondary N) is 1. The van der Waals surface area contributed by atoms with Crippen LogP contribution in [0.25, 0.3) is 0 Å². The summed E-state index contributed by atoms with van der Waals surface area (Å²) in [5.74, 6) is 0.973. The molecule has 1 atom stereocenters. The number of nitriles is 1. The van der Waals surface area contributed by atoms with Crippen molar-refractivity contribution >= 4 is 5.69 Å². The van der Waals surface area contributed by atoms with Gasteiger partial charge >= 0.3 is 0 Å². The van der Waals surface area contributed by atoms with Crippen LogP contribution in [0.2, 0.25) is 0 Å². The molecule has 1 aromatic heterocycles. The highest BCUT2D eigenvalue weighted by molar-refractivity contribution is 5.52. The first-order valence-electron chi connectivity index (χ1n) is 5.98. The molecule has 0 bridgehead atoms. The van der Waals surface area contributed by atoms with Crippen molar-refractivity contribution in [2.24, 2.45) is 0 Å². The molecule has 2 aromatic rings. The van der Waals surface area contributed by atoms with Crippen molar-refractivity contribution in [3.8, 4) is 6.07 Å². The number of hydrogen-bond donors (Lipinski definition) is 1. The summed E-state index contributed by atoms with van der Waals surface area (Å²) in [4.78, 5) is 0. The van der Waals surface area contributed by atoms with Gasteiger partial charge in [-0.15, -0.1) is 0 Å². The lowest BCUT2D eigenvalue weighted by Gasteiger charge is -2.14. The van der Waals surface area contributed by atoms with Crippen LogP contribution in [0.5, 0.6) is 0 Å². The molecular formula is C15H16N2O. The maximum atomic E-state index is 8.88. The zero-order chi connectivity index (χ0) is 13.0. The molecule has 0 saturated heterocycles. The summed E-state index contributed by atoms with van der Waals surface area (Å²) in [6, 6.07) is 12.1. The van der Waals surface area contributed by atoms with E-state index in [9.17, 15) is 0 Å². The number of anilines is 1. The number of nitrogens with zero attached hydrogens (tertiary/aromatic N) is 1. The first-order chi connectivity index (χ1) is 8.69. The molecule has 0 aliphatic heterocycles. The normalized spacial score (nSPS) is 11.8. The largest absolute Gasteiger partial charge is 0.469 e. The lowest BCUT2D eigenvalue weighted by Crippen LogP contribution is -2.17. The summed E-state index contributed by atoms with van der Waals surface area (Å²) in [5.41, 5.74) is 2.75. The maximum Gasteiger partial charge on any atom is 0.105 e. The fourth-order valence-corrected chi connectivity index (χ4v) is 1.94. The third kappa shape index (κ3) is 2.92. The second-order valence-electron chi connectivity index (χ2n) is 4.47. The van der Waals surface area contributed by atoms with Crippen molar-refractivity contribution in [2.75, 3.05) is 5.32 Å². The Labute approximate surface area is 107 Å². The van der Waals surface area contributed by atoms with E-state index in [0.717, 1.165) is 29.0 Å². The predicted molar refractivity (Wildman–Crippen MR) is 71.4 cm³/mol. The fourth-order valence-electron chi connectivity index (χ4n) is 1.94. The van der Waals surface area contributed by atoms with Crippen molar-refractivity contribution in [3.63, 3.8) is 0 Å². The molecule has 18 heavy (non-hydrogen) atoms. The molecule has 0 radical (unpaired) electrons. The average molecular weight is 240 g/mol. The lowest BCUT2D eigenvalue weighted by atomic mass is 10.1. The first-order valence-corrected chi connectivity index (χ1v) is 5.98. The number of furan rings is 1. The van der Waals surface area contributed by atoms with E-state index in [1.807, 2.05) is 37.3 Å². The summed E-state index contributed by atoms with van der Waals surface area (Å²) in [7, 11) is 0. The Hall–Kier alpha value is -2.21. The lowest BCUT2D eigenvalue weighted by molar-refractivity contribution is 0.498. The minimum atomic E-state index is 0.281. The Morgan fingerprint density at radius 1 is 1.39 bits per heavy atom. The van der Waals surface area contributed by atoms with E-state index in [2.05, 4.69) is 18.3 Å². The molecule has 0 amide bonds. The molecular weight excluding hydrogens is 224 g/mol. The van der Waals surface area contributed by atoms with Gasteiger partial charge in [0.2, 0.25) is 0 Å². The SMILES string of the molecule is Cc1cc(NC(C)Cc2ccco2)ccc1C#N. The monoisotopic (exact) mass is 240 g/mol. The summed E-state index contributed by atoms with van der Waals surface area (Å²) >= 11 is 0. The highest BCUT2D eigenvalue weighted by Crippen LogP contribution is 2.16. The second kappa shape index (κ2) is 5.42. The molecule has 0 aliphatic rings. The number of rotatable bonds is 4. The maximum absolute atomic E-state index is 8.88. The van der Waals surface area contributed by atoms with Crippen molar-refractivity contribution in [3.05, 3.63) is 53.5 Å². The van der Waals surface area contributed by atoms with Gasteiger partial charge < -0.3 is 9.73 Å². The van der Waals surface area contributed by atoms with Crippen LogP contribution in [0.4, 0.5) is 5.69 Å². The van der Waals surface area contributed by atoms with Crippen molar-refractivity contribution in [1.29, 1.82) is 5.26 Å². The van der Waals surface area contributed by atoms with Gasteiger partial charge in [0.25, 0.3) is 0 Å². The van der Waals surface area contributed by atoms with Gasteiger partial charge in [-0.05, 0) is 49.7 Å². The molecule has 92 valence electrons. The molecule has 0 fully saturated rings. The summed E-state index contributed by atoms with van der Waals surface area (Å²) in [5, 5.41) is 12.3. The van der Waals surface area contributed by atoms with E-state index >= 15 is 0 Å². The number of benzene rings is 1. The highest BCUT2D eigenvalue weighted by atomic mass is 16.3. The number of hydrogen-bond acceptors (Lipinski definition) is 3. The van der Waals surface area contributed by atoms with Gasteiger partial charge in [0.1, 0.15) is 5.76 Å². The zero-order valence-electron chi connectivity index (χ0n) is 10.6. The van der Waals surface area contributed by atoms with Crippen molar-refractivity contribution < 1.29 is 4.42 Å². The summed E-state index contributed by atoms with van der Waals surface area (Å²) < 4.78 is 5.32. The molecule has 0 spiro atoms. The predicted octanol–water partition coefficient (Wildman–Crippen LogP) is 3.50. The van der Waals surface area contributed by atoms with Crippen LogP contribution in [0.1, 0.15) is 23.8 Å². The van der Waals surface area contributed by atoms with Crippen LogP contribution in [0.3, 0.4) is 0 Å². The van der Waals surface area contributed by atoms with Gasteiger partial charge in [0.05, 0.1) is 17.9 Å². The van der Waals surface area contributed by atoms with E-state index in [0.29, 0.717) is 0 Å². The van der Waals surface area contributed by atoms with Crippen LogP contribution in [-0.4, -0.2) is 6.04 Å². The molecule has 1 aromatic carbocycles. The molecule has 3 heteroatoms. The molecule has 0 saturated carbocycles. The minimum absolute atomic E-state index is 0.281. The Kier molecular flexibility index (Phi) is 3.69. The van der Waals surface area contributed by atoms with Crippen LogP contribution < -0.4 is 5.32 Å². The first kappa shape index (κ1) is 12.3. The van der Waals surface area contributed by atoms with Crippen molar-refractivity contribution in [2.45, 2.75) is 26.3 Å². The molecule has 3 nitrogen and oxygen atoms in total. The molecule has 1 heterocycles. The van der Waals surface area contributed by atoms with Gasteiger partial charge in [-0.3, -0.25) is 0 Å². The van der Waals surface area contributed by atoms with Gasteiger partial charge in [0, 0.05) is 18.2 Å². The molecule has 0 aliphatic carbocycles. The van der Waals surface area contributed by atoms with Gasteiger partial charge in [-0.2, -0.15) is 5.26 Å². The zero-order valence-corrected chi connectivity index (χ0v) is 10.6. The smallest absolute Gasteiger partial charge is 0.105 e. The van der Waals surface area contributed by atoms with Gasteiger partial charge in [0.15, 0.2) is 0 Å². The third-order valence-electron chi connectivity index (χ3n) is 2.85. The Morgan fingerprint density at radius 2 is 2.22 bits per heavy atom.